The van der Waals surface area contributed by atoms with Crippen molar-refractivity contribution in [3.8, 4) is 0 Å². The molecule has 0 fully saturated rings. The van der Waals surface area contributed by atoms with E-state index >= 15 is 0 Å². The monoisotopic (exact) mass is 112 g/mol. The van der Waals surface area contributed by atoms with Gasteiger partial charge in [-0.1, -0.05) is 0 Å². The van der Waals surface area contributed by atoms with E-state index in [-0.39, 0.29) is 0 Å². The third kappa shape index (κ3) is 0.501. The van der Waals surface area contributed by atoms with Crippen LogP contribution in [-0.2, 0) is 0 Å². The standard InChI is InChI=1S/C4H8N4/c1-3-2-7-4(5)8(3)6/h2H,6H2,1H3,(H2,5,7). The third-order valence-corrected chi connectivity index (χ3v) is 1.01. The van der Waals surface area contributed by atoms with Crippen LogP contribution in [0.4, 0.5) is 5.95 Å². The first-order chi connectivity index (χ1) is 3.72. The van der Waals surface area contributed by atoms with Crippen LogP contribution in [0.5, 0.6) is 0 Å². The van der Waals surface area contributed by atoms with Crippen LogP contribution in [0.2, 0.25) is 0 Å². The van der Waals surface area contributed by atoms with Crippen molar-refractivity contribution in [3.05, 3.63) is 11.9 Å². The Labute approximate surface area is 47.1 Å². The summed E-state index contributed by atoms with van der Waals surface area (Å²) in [5, 5.41) is 0. The van der Waals surface area contributed by atoms with Gasteiger partial charge in [0.25, 0.3) is 0 Å². The summed E-state index contributed by atoms with van der Waals surface area (Å²) in [6, 6.07) is 0. The van der Waals surface area contributed by atoms with Crippen molar-refractivity contribution in [1.82, 2.24) is 9.66 Å². The lowest BCUT2D eigenvalue weighted by atomic mass is 10.6. The summed E-state index contributed by atoms with van der Waals surface area (Å²) >= 11 is 0. The minimum absolute atomic E-state index is 0.350. The molecule has 0 amide bonds. The molecular weight excluding hydrogens is 104 g/mol. The summed E-state index contributed by atoms with van der Waals surface area (Å²) in [5.74, 6) is 5.68. The van der Waals surface area contributed by atoms with Crippen LogP contribution < -0.4 is 11.6 Å². The molecule has 44 valence electrons. The first kappa shape index (κ1) is 4.96. The number of rotatable bonds is 0. The predicted molar refractivity (Wildman–Crippen MR) is 31.5 cm³/mol. The minimum Gasteiger partial charge on any atom is -0.368 e. The van der Waals surface area contributed by atoms with Crippen LogP contribution in [0, 0.1) is 6.92 Å². The van der Waals surface area contributed by atoms with Gasteiger partial charge in [0.1, 0.15) is 0 Å². The lowest BCUT2D eigenvalue weighted by Gasteiger charge is -1.93. The second-order valence-corrected chi connectivity index (χ2v) is 1.63. The Morgan fingerprint density at radius 1 is 1.75 bits per heavy atom. The molecule has 1 rings (SSSR count). The molecule has 0 radical (unpaired) electrons. The third-order valence-electron chi connectivity index (χ3n) is 1.01. The molecule has 1 aromatic heterocycles. The van der Waals surface area contributed by atoms with Gasteiger partial charge in [-0.05, 0) is 6.92 Å². The van der Waals surface area contributed by atoms with Crippen molar-refractivity contribution in [2.24, 2.45) is 0 Å². The van der Waals surface area contributed by atoms with Crippen LogP contribution in [0.25, 0.3) is 0 Å². The molecule has 0 aliphatic carbocycles. The average Bonchev–Trinajstić information content (AvgIpc) is 1.98. The Morgan fingerprint density at radius 3 is 2.50 bits per heavy atom. The highest BCUT2D eigenvalue weighted by Crippen LogP contribution is 1.97. The zero-order chi connectivity index (χ0) is 6.15. The molecule has 1 heterocycles. The highest BCUT2D eigenvalue weighted by Gasteiger charge is 1.94. The molecule has 1 aromatic rings. The van der Waals surface area contributed by atoms with Crippen molar-refractivity contribution in [3.63, 3.8) is 0 Å². The van der Waals surface area contributed by atoms with E-state index in [0.29, 0.717) is 5.95 Å². The molecule has 0 saturated heterocycles. The first-order valence-corrected chi connectivity index (χ1v) is 2.26. The summed E-state index contributed by atoms with van der Waals surface area (Å²) < 4.78 is 1.33. The van der Waals surface area contributed by atoms with Crippen molar-refractivity contribution < 1.29 is 0 Å². The average molecular weight is 112 g/mol. The second kappa shape index (κ2) is 1.40. The van der Waals surface area contributed by atoms with Gasteiger partial charge in [-0.2, -0.15) is 0 Å². The van der Waals surface area contributed by atoms with E-state index in [2.05, 4.69) is 4.98 Å². The van der Waals surface area contributed by atoms with Gasteiger partial charge in [-0.15, -0.1) is 0 Å². The van der Waals surface area contributed by atoms with Crippen molar-refractivity contribution in [2.45, 2.75) is 6.92 Å². The molecule has 8 heavy (non-hydrogen) atoms. The molecule has 0 aliphatic rings. The van der Waals surface area contributed by atoms with E-state index in [1.807, 2.05) is 6.92 Å². The topological polar surface area (TPSA) is 69.9 Å². The molecule has 4 heteroatoms. The maximum Gasteiger partial charge on any atom is 0.219 e. The van der Waals surface area contributed by atoms with Gasteiger partial charge in [-0.3, -0.25) is 0 Å². The largest absolute Gasteiger partial charge is 0.368 e. The van der Waals surface area contributed by atoms with E-state index in [4.69, 9.17) is 11.6 Å². The molecule has 0 aromatic carbocycles. The lowest BCUT2D eigenvalue weighted by Crippen LogP contribution is -2.12. The Morgan fingerprint density at radius 2 is 2.38 bits per heavy atom. The van der Waals surface area contributed by atoms with Crippen LogP contribution in [0.3, 0.4) is 0 Å². The Bertz CT molecular complexity index is 170. The van der Waals surface area contributed by atoms with Crippen molar-refractivity contribution in [1.29, 1.82) is 0 Å². The first-order valence-electron chi connectivity index (χ1n) is 2.26. The van der Waals surface area contributed by atoms with Gasteiger partial charge in [0.2, 0.25) is 5.95 Å². The zero-order valence-electron chi connectivity index (χ0n) is 4.63. The fourth-order valence-corrected chi connectivity index (χ4v) is 0.465. The van der Waals surface area contributed by atoms with Gasteiger partial charge in [0.15, 0.2) is 0 Å². The van der Waals surface area contributed by atoms with Crippen LogP contribution in [-0.4, -0.2) is 9.66 Å². The normalized spacial score (nSPS) is 9.62. The summed E-state index contributed by atoms with van der Waals surface area (Å²) in [4.78, 5) is 3.73. The number of imidazole rings is 1. The maximum atomic E-state index is 5.33. The van der Waals surface area contributed by atoms with Gasteiger partial charge in [0.05, 0.1) is 11.9 Å². The molecular formula is C4H8N4. The Hall–Kier alpha value is -1.19. The van der Waals surface area contributed by atoms with Crippen molar-refractivity contribution >= 4 is 5.95 Å². The molecule has 0 saturated carbocycles. The van der Waals surface area contributed by atoms with Crippen molar-refractivity contribution in [2.75, 3.05) is 11.6 Å². The van der Waals surface area contributed by atoms with E-state index < -0.39 is 0 Å². The van der Waals surface area contributed by atoms with Gasteiger partial charge >= 0.3 is 0 Å². The Balaban J connectivity index is 3.19. The summed E-state index contributed by atoms with van der Waals surface area (Å²) in [7, 11) is 0. The molecule has 0 spiro atoms. The van der Waals surface area contributed by atoms with Crippen LogP contribution in [0.1, 0.15) is 5.69 Å². The number of aromatic nitrogens is 2. The minimum atomic E-state index is 0.350. The maximum absolute atomic E-state index is 5.33. The van der Waals surface area contributed by atoms with E-state index in [9.17, 15) is 0 Å². The lowest BCUT2D eigenvalue weighted by molar-refractivity contribution is 0.967. The number of nitrogen functional groups attached to an aromatic ring is 2. The molecule has 0 atom stereocenters. The van der Waals surface area contributed by atoms with Crippen LogP contribution in [0.15, 0.2) is 6.20 Å². The quantitative estimate of drug-likeness (QED) is 0.444. The SMILES string of the molecule is Cc1cnc(N)n1N. The Kier molecular flexibility index (Phi) is 0.865. The summed E-state index contributed by atoms with van der Waals surface area (Å²) in [6.07, 6.45) is 1.62. The van der Waals surface area contributed by atoms with Gasteiger partial charge in [0, 0.05) is 0 Å². The number of nitrogens with zero attached hydrogens (tertiary/aromatic N) is 2. The second-order valence-electron chi connectivity index (χ2n) is 1.63. The molecule has 4 N–H and O–H groups in total. The summed E-state index contributed by atoms with van der Waals surface area (Å²) in [6.45, 7) is 1.84. The highest BCUT2D eigenvalue weighted by atomic mass is 15.4. The number of anilines is 1. The van der Waals surface area contributed by atoms with E-state index in [0.717, 1.165) is 5.69 Å². The van der Waals surface area contributed by atoms with E-state index in [1.165, 1.54) is 4.68 Å². The fourth-order valence-electron chi connectivity index (χ4n) is 0.465. The smallest absolute Gasteiger partial charge is 0.219 e. The molecule has 4 nitrogen and oxygen atoms in total. The van der Waals surface area contributed by atoms with Gasteiger partial charge in [-0.25, -0.2) is 9.66 Å². The number of aryl methyl sites for hydroxylation is 1. The number of hydrogen-bond donors (Lipinski definition) is 2. The predicted octanol–water partition coefficient (Wildman–Crippen LogP) is -0.512. The number of hydrogen-bond acceptors (Lipinski definition) is 3. The van der Waals surface area contributed by atoms with E-state index in [1.54, 1.807) is 6.20 Å². The zero-order valence-corrected chi connectivity index (χ0v) is 4.63. The summed E-state index contributed by atoms with van der Waals surface area (Å²) in [5.41, 5.74) is 6.13. The molecule has 0 unspecified atom stereocenters. The van der Waals surface area contributed by atoms with Crippen LogP contribution >= 0.6 is 0 Å². The molecule has 0 bridgehead atoms. The highest BCUT2D eigenvalue weighted by molar-refractivity contribution is 5.21. The fraction of sp³-hybridized carbons (Fsp3) is 0.250. The molecule has 0 aliphatic heterocycles. The van der Waals surface area contributed by atoms with Gasteiger partial charge < -0.3 is 11.6 Å². The number of nitrogens with two attached hydrogens (primary N) is 2.